The Balaban J connectivity index is 1.36. The molecule has 0 radical (unpaired) electrons. The van der Waals surface area contributed by atoms with Crippen LogP contribution in [0.5, 0.6) is 17.2 Å². The fourth-order valence-electron chi connectivity index (χ4n) is 4.10. The molecule has 0 aliphatic rings. The van der Waals surface area contributed by atoms with E-state index in [0.717, 1.165) is 39.7 Å². The first-order valence-corrected chi connectivity index (χ1v) is 12.5. The summed E-state index contributed by atoms with van der Waals surface area (Å²) >= 11 is 0. The van der Waals surface area contributed by atoms with Crippen molar-refractivity contribution in [1.82, 2.24) is 0 Å². The van der Waals surface area contributed by atoms with Gasteiger partial charge in [0.25, 0.3) is 0 Å². The molecule has 5 rings (SSSR count). The first kappa shape index (κ1) is 25.1. The molecule has 0 aliphatic carbocycles. The lowest BCUT2D eigenvalue weighted by atomic mass is 10.0. The molecule has 0 saturated heterocycles. The Labute approximate surface area is 222 Å². The summed E-state index contributed by atoms with van der Waals surface area (Å²) in [5.41, 5.74) is 5.25. The van der Waals surface area contributed by atoms with Gasteiger partial charge in [0, 0.05) is 17.1 Å². The van der Waals surface area contributed by atoms with Crippen molar-refractivity contribution in [2.45, 2.75) is 6.10 Å². The minimum Gasteiger partial charge on any atom is -0.491 e. The predicted octanol–water partition coefficient (Wildman–Crippen LogP) is 7.35. The maximum Gasteiger partial charge on any atom is 0.127 e. The molecule has 0 saturated carbocycles. The highest BCUT2D eigenvalue weighted by Gasteiger charge is 2.13. The van der Waals surface area contributed by atoms with Crippen LogP contribution in [0.2, 0.25) is 0 Å². The van der Waals surface area contributed by atoms with E-state index in [0.29, 0.717) is 5.75 Å². The van der Waals surface area contributed by atoms with E-state index >= 15 is 0 Å². The van der Waals surface area contributed by atoms with Gasteiger partial charge in [-0.1, -0.05) is 60.7 Å². The topological polar surface area (TPSA) is 62.2 Å². The van der Waals surface area contributed by atoms with E-state index < -0.39 is 6.10 Å². The SMILES string of the molecule is OCC(O)COc1ccc(-c2ccc(N(c3ccccc3)c3ccc(Oc4ccccc4)cc3)cc2)cc1. The lowest BCUT2D eigenvalue weighted by Gasteiger charge is -2.26. The molecule has 0 amide bonds. The highest BCUT2D eigenvalue weighted by molar-refractivity contribution is 5.78. The summed E-state index contributed by atoms with van der Waals surface area (Å²) < 4.78 is 11.5. The molecule has 0 aliphatic heterocycles. The molecular weight excluding hydrogens is 474 g/mol. The maximum atomic E-state index is 9.48. The van der Waals surface area contributed by atoms with Gasteiger partial charge in [0.15, 0.2) is 0 Å². The number of rotatable bonds is 10. The van der Waals surface area contributed by atoms with Crippen molar-refractivity contribution in [2.75, 3.05) is 18.1 Å². The maximum absolute atomic E-state index is 9.48. The summed E-state index contributed by atoms with van der Waals surface area (Å²) in [4.78, 5) is 2.21. The molecular formula is C33H29NO4. The van der Waals surface area contributed by atoms with Crippen molar-refractivity contribution in [1.29, 1.82) is 0 Å². The van der Waals surface area contributed by atoms with E-state index in [4.69, 9.17) is 14.6 Å². The molecule has 0 aromatic heterocycles. The van der Waals surface area contributed by atoms with E-state index in [-0.39, 0.29) is 13.2 Å². The molecule has 5 aromatic carbocycles. The van der Waals surface area contributed by atoms with Crippen molar-refractivity contribution < 1.29 is 19.7 Å². The zero-order valence-corrected chi connectivity index (χ0v) is 20.9. The van der Waals surface area contributed by atoms with Crippen LogP contribution < -0.4 is 14.4 Å². The second-order valence-electron chi connectivity index (χ2n) is 8.80. The molecule has 2 N–H and O–H groups in total. The number of hydrogen-bond acceptors (Lipinski definition) is 5. The summed E-state index contributed by atoms with van der Waals surface area (Å²) in [5, 5.41) is 18.4. The Morgan fingerprint density at radius 1 is 0.526 bits per heavy atom. The highest BCUT2D eigenvalue weighted by Crippen LogP contribution is 2.36. The van der Waals surface area contributed by atoms with Crippen molar-refractivity contribution in [3.8, 4) is 28.4 Å². The Hall–Kier alpha value is -4.58. The van der Waals surface area contributed by atoms with Gasteiger partial charge in [-0.05, 0) is 83.9 Å². The lowest BCUT2D eigenvalue weighted by Crippen LogP contribution is -2.21. The van der Waals surface area contributed by atoms with E-state index in [9.17, 15) is 5.11 Å². The largest absolute Gasteiger partial charge is 0.491 e. The van der Waals surface area contributed by atoms with Crippen LogP contribution in [0.4, 0.5) is 17.1 Å². The molecule has 5 aromatic rings. The van der Waals surface area contributed by atoms with Crippen LogP contribution in [0.1, 0.15) is 0 Å². The van der Waals surface area contributed by atoms with E-state index in [2.05, 4.69) is 53.4 Å². The van der Waals surface area contributed by atoms with Gasteiger partial charge in [-0.25, -0.2) is 0 Å². The number of aliphatic hydroxyl groups excluding tert-OH is 2. The quantitative estimate of drug-likeness (QED) is 0.209. The summed E-state index contributed by atoms with van der Waals surface area (Å²) in [5.74, 6) is 2.23. The van der Waals surface area contributed by atoms with Crippen molar-refractivity contribution >= 4 is 17.1 Å². The Morgan fingerprint density at radius 2 is 0.974 bits per heavy atom. The molecule has 38 heavy (non-hydrogen) atoms. The minimum absolute atomic E-state index is 0.0548. The van der Waals surface area contributed by atoms with E-state index in [1.807, 2.05) is 84.9 Å². The smallest absolute Gasteiger partial charge is 0.127 e. The van der Waals surface area contributed by atoms with E-state index in [1.165, 1.54) is 0 Å². The molecule has 0 fully saturated rings. The van der Waals surface area contributed by atoms with Gasteiger partial charge in [-0.2, -0.15) is 0 Å². The molecule has 0 spiro atoms. The van der Waals surface area contributed by atoms with Gasteiger partial charge >= 0.3 is 0 Å². The third-order valence-electron chi connectivity index (χ3n) is 6.05. The number of para-hydroxylation sites is 2. The third-order valence-corrected chi connectivity index (χ3v) is 6.05. The molecule has 190 valence electrons. The van der Waals surface area contributed by atoms with Crippen LogP contribution in [0.15, 0.2) is 133 Å². The van der Waals surface area contributed by atoms with Crippen LogP contribution in [0.3, 0.4) is 0 Å². The van der Waals surface area contributed by atoms with Gasteiger partial charge < -0.3 is 24.6 Å². The van der Waals surface area contributed by atoms with Gasteiger partial charge in [0.05, 0.1) is 6.61 Å². The van der Waals surface area contributed by atoms with Crippen molar-refractivity contribution in [2.24, 2.45) is 0 Å². The second kappa shape index (κ2) is 12.1. The lowest BCUT2D eigenvalue weighted by molar-refractivity contribution is 0.0536. The molecule has 5 heteroatoms. The van der Waals surface area contributed by atoms with Crippen molar-refractivity contribution in [3.05, 3.63) is 133 Å². The molecule has 0 heterocycles. The molecule has 0 bridgehead atoms. The second-order valence-corrected chi connectivity index (χ2v) is 8.80. The van der Waals surface area contributed by atoms with Crippen LogP contribution in [0.25, 0.3) is 11.1 Å². The molecule has 1 unspecified atom stereocenters. The van der Waals surface area contributed by atoms with Crippen LogP contribution in [-0.4, -0.2) is 29.5 Å². The van der Waals surface area contributed by atoms with Crippen LogP contribution in [0, 0.1) is 0 Å². The predicted molar refractivity (Wildman–Crippen MR) is 152 cm³/mol. The average Bonchev–Trinajstić information content (AvgIpc) is 2.99. The number of ether oxygens (including phenoxy) is 2. The van der Waals surface area contributed by atoms with Gasteiger partial charge in [-0.15, -0.1) is 0 Å². The number of benzene rings is 5. The Kier molecular flexibility index (Phi) is 7.99. The van der Waals surface area contributed by atoms with Gasteiger partial charge in [-0.3, -0.25) is 0 Å². The monoisotopic (exact) mass is 503 g/mol. The minimum atomic E-state index is -0.887. The molecule has 1 atom stereocenters. The van der Waals surface area contributed by atoms with E-state index in [1.54, 1.807) is 0 Å². The fourth-order valence-corrected chi connectivity index (χ4v) is 4.10. The standard InChI is InChI=1S/C33H29NO4/c35-23-30(36)24-37-31-19-13-26(14-20-31)25-11-15-28(16-12-25)34(27-7-3-1-4-8-27)29-17-21-33(22-18-29)38-32-9-5-2-6-10-32/h1-22,30,35-36H,23-24H2. The molecule has 5 nitrogen and oxygen atoms in total. The van der Waals surface area contributed by atoms with Crippen LogP contribution in [-0.2, 0) is 0 Å². The number of nitrogens with zero attached hydrogens (tertiary/aromatic N) is 1. The average molecular weight is 504 g/mol. The number of hydrogen-bond donors (Lipinski definition) is 2. The Morgan fingerprint density at radius 3 is 1.55 bits per heavy atom. The number of aliphatic hydroxyl groups is 2. The third kappa shape index (κ3) is 6.21. The summed E-state index contributed by atoms with van der Waals surface area (Å²) in [6.07, 6.45) is -0.887. The Bertz CT molecular complexity index is 1400. The normalized spacial score (nSPS) is 11.5. The van der Waals surface area contributed by atoms with Crippen molar-refractivity contribution in [3.63, 3.8) is 0 Å². The number of anilines is 3. The first-order valence-electron chi connectivity index (χ1n) is 12.5. The van der Waals surface area contributed by atoms with Gasteiger partial charge in [0.1, 0.15) is 30.0 Å². The van der Waals surface area contributed by atoms with Gasteiger partial charge in [0.2, 0.25) is 0 Å². The highest BCUT2D eigenvalue weighted by atomic mass is 16.5. The van der Waals surface area contributed by atoms with Crippen LogP contribution >= 0.6 is 0 Å². The zero-order chi connectivity index (χ0) is 26.2. The fraction of sp³-hybridized carbons (Fsp3) is 0.0909. The first-order chi connectivity index (χ1) is 18.7. The summed E-state index contributed by atoms with van der Waals surface area (Å²) in [6, 6.07) is 44.2. The summed E-state index contributed by atoms with van der Waals surface area (Å²) in [6.45, 7) is -0.269. The zero-order valence-electron chi connectivity index (χ0n) is 20.9. The summed E-state index contributed by atoms with van der Waals surface area (Å²) in [7, 11) is 0.